The second-order valence-electron chi connectivity index (χ2n) is 4.16. The Balaban J connectivity index is 2.01. The monoisotopic (exact) mass is 265 g/mol. The number of halogens is 2. The van der Waals surface area contributed by atoms with E-state index in [0.29, 0.717) is 17.0 Å². The Morgan fingerprint density at radius 1 is 1.28 bits per heavy atom. The smallest absolute Gasteiger partial charge is 0.127 e. The molecule has 0 saturated heterocycles. The second kappa shape index (κ2) is 5.94. The van der Waals surface area contributed by atoms with Crippen LogP contribution in [0, 0.1) is 5.82 Å². The molecule has 2 aromatic rings. The Morgan fingerprint density at radius 3 is 2.78 bits per heavy atom. The summed E-state index contributed by atoms with van der Waals surface area (Å²) in [4.78, 5) is 3.97. The lowest BCUT2D eigenvalue weighted by atomic mass is 10.0. The molecule has 0 aliphatic rings. The maximum atomic E-state index is 13.5. The highest BCUT2D eigenvalue weighted by Gasteiger charge is 2.10. The number of aliphatic hydroxyl groups excluding tert-OH is 1. The first kappa shape index (κ1) is 13.0. The summed E-state index contributed by atoms with van der Waals surface area (Å²) in [5.74, 6) is -0.382. The molecule has 4 heteroatoms. The fourth-order valence-corrected chi connectivity index (χ4v) is 1.96. The Morgan fingerprint density at radius 2 is 2.11 bits per heavy atom. The number of aromatic nitrogens is 1. The van der Waals surface area contributed by atoms with Crippen LogP contribution < -0.4 is 0 Å². The minimum Gasteiger partial charge on any atom is -0.392 e. The van der Waals surface area contributed by atoms with E-state index in [4.69, 9.17) is 11.6 Å². The largest absolute Gasteiger partial charge is 0.392 e. The van der Waals surface area contributed by atoms with Gasteiger partial charge >= 0.3 is 0 Å². The topological polar surface area (TPSA) is 33.1 Å². The molecule has 2 nitrogen and oxygen atoms in total. The quantitative estimate of drug-likeness (QED) is 0.922. The summed E-state index contributed by atoms with van der Waals surface area (Å²) in [5.41, 5.74) is 1.40. The third-order valence-corrected chi connectivity index (χ3v) is 2.90. The Labute approximate surface area is 110 Å². The second-order valence-corrected chi connectivity index (χ2v) is 4.60. The van der Waals surface area contributed by atoms with E-state index < -0.39 is 6.10 Å². The van der Waals surface area contributed by atoms with E-state index in [1.54, 1.807) is 24.5 Å². The molecule has 0 amide bonds. The SMILES string of the molecule is OC(Cc1cccnc1)Cc1ccc(Cl)cc1F. The van der Waals surface area contributed by atoms with E-state index in [9.17, 15) is 9.50 Å². The Hall–Kier alpha value is -1.45. The van der Waals surface area contributed by atoms with Crippen molar-refractivity contribution in [1.82, 2.24) is 4.98 Å². The van der Waals surface area contributed by atoms with Crippen molar-refractivity contribution >= 4 is 11.6 Å². The molecule has 0 bridgehead atoms. The molecule has 0 aliphatic carbocycles. The first-order valence-electron chi connectivity index (χ1n) is 5.66. The van der Waals surface area contributed by atoms with Crippen LogP contribution in [0.5, 0.6) is 0 Å². The average molecular weight is 266 g/mol. The highest BCUT2D eigenvalue weighted by atomic mass is 35.5. The molecule has 0 radical (unpaired) electrons. The standard InChI is InChI=1S/C14H13ClFNO/c15-12-4-3-11(14(16)8-12)7-13(18)6-10-2-1-5-17-9-10/h1-5,8-9,13,18H,6-7H2. The van der Waals surface area contributed by atoms with E-state index >= 15 is 0 Å². The fraction of sp³-hybridized carbons (Fsp3) is 0.214. The van der Waals surface area contributed by atoms with Gasteiger partial charge in [-0.1, -0.05) is 23.7 Å². The molecule has 0 fully saturated rings. The van der Waals surface area contributed by atoms with Gasteiger partial charge in [0, 0.05) is 30.3 Å². The molecule has 1 N–H and O–H groups in total. The van der Waals surface area contributed by atoms with Gasteiger partial charge in [0.05, 0.1) is 6.10 Å². The van der Waals surface area contributed by atoms with E-state index in [2.05, 4.69) is 4.98 Å². The first-order chi connectivity index (χ1) is 8.65. The molecular weight excluding hydrogens is 253 g/mol. The van der Waals surface area contributed by atoms with Crippen molar-refractivity contribution in [2.45, 2.75) is 18.9 Å². The van der Waals surface area contributed by atoms with Crippen molar-refractivity contribution in [3.63, 3.8) is 0 Å². The van der Waals surface area contributed by atoms with Crippen molar-refractivity contribution in [2.24, 2.45) is 0 Å². The number of aliphatic hydroxyl groups is 1. The Bertz CT molecular complexity index is 518. The lowest BCUT2D eigenvalue weighted by molar-refractivity contribution is 0.174. The van der Waals surface area contributed by atoms with E-state index in [1.807, 2.05) is 12.1 Å². The highest BCUT2D eigenvalue weighted by molar-refractivity contribution is 6.30. The number of hydrogen-bond donors (Lipinski definition) is 1. The fourth-order valence-electron chi connectivity index (χ4n) is 1.80. The van der Waals surface area contributed by atoms with Crippen molar-refractivity contribution in [3.8, 4) is 0 Å². The van der Waals surface area contributed by atoms with Crippen LogP contribution >= 0.6 is 11.6 Å². The lowest BCUT2D eigenvalue weighted by Crippen LogP contribution is -2.14. The first-order valence-corrected chi connectivity index (χ1v) is 6.04. The molecule has 0 spiro atoms. The third kappa shape index (κ3) is 3.52. The summed E-state index contributed by atoms with van der Waals surface area (Å²) in [6, 6.07) is 8.17. The van der Waals surface area contributed by atoms with Crippen LogP contribution in [0.4, 0.5) is 4.39 Å². The number of pyridine rings is 1. The molecule has 18 heavy (non-hydrogen) atoms. The van der Waals surface area contributed by atoms with Gasteiger partial charge in [0.25, 0.3) is 0 Å². The van der Waals surface area contributed by atoms with E-state index in [-0.39, 0.29) is 12.2 Å². The number of nitrogens with zero attached hydrogens (tertiary/aromatic N) is 1. The summed E-state index contributed by atoms with van der Waals surface area (Å²) < 4.78 is 13.5. The summed E-state index contributed by atoms with van der Waals surface area (Å²) in [6.07, 6.45) is 3.45. The van der Waals surface area contributed by atoms with Crippen LogP contribution in [-0.4, -0.2) is 16.2 Å². The van der Waals surface area contributed by atoms with Crippen LogP contribution in [0.1, 0.15) is 11.1 Å². The summed E-state index contributed by atoms with van der Waals surface area (Å²) in [7, 11) is 0. The zero-order valence-corrected chi connectivity index (χ0v) is 10.4. The molecule has 94 valence electrons. The predicted octanol–water partition coefficient (Wildman–Crippen LogP) is 3.02. The van der Waals surface area contributed by atoms with Gasteiger partial charge in [-0.25, -0.2) is 4.39 Å². The molecule has 0 saturated carbocycles. The number of benzene rings is 1. The Kier molecular flexibility index (Phi) is 4.28. The van der Waals surface area contributed by atoms with Gasteiger partial charge in [-0.05, 0) is 29.3 Å². The van der Waals surface area contributed by atoms with Crippen molar-refractivity contribution in [3.05, 3.63) is 64.7 Å². The zero-order chi connectivity index (χ0) is 13.0. The van der Waals surface area contributed by atoms with Crippen LogP contribution in [0.2, 0.25) is 5.02 Å². The molecule has 1 heterocycles. The maximum Gasteiger partial charge on any atom is 0.127 e. The predicted molar refractivity (Wildman–Crippen MR) is 69.1 cm³/mol. The maximum absolute atomic E-state index is 13.5. The van der Waals surface area contributed by atoms with E-state index in [0.717, 1.165) is 5.56 Å². The van der Waals surface area contributed by atoms with Gasteiger partial charge in [-0.15, -0.1) is 0 Å². The summed E-state index contributed by atoms with van der Waals surface area (Å²) >= 11 is 5.67. The normalized spacial score (nSPS) is 12.4. The number of rotatable bonds is 4. The molecule has 1 aromatic carbocycles. The van der Waals surface area contributed by atoms with Crippen LogP contribution in [-0.2, 0) is 12.8 Å². The minimum absolute atomic E-state index is 0.262. The van der Waals surface area contributed by atoms with Crippen molar-refractivity contribution in [2.75, 3.05) is 0 Å². The van der Waals surface area contributed by atoms with Gasteiger partial charge in [0.15, 0.2) is 0 Å². The minimum atomic E-state index is -0.634. The summed E-state index contributed by atoms with van der Waals surface area (Å²) in [6.45, 7) is 0. The molecule has 1 aromatic heterocycles. The van der Waals surface area contributed by atoms with Gasteiger partial charge < -0.3 is 5.11 Å². The van der Waals surface area contributed by atoms with Crippen molar-refractivity contribution < 1.29 is 9.50 Å². The van der Waals surface area contributed by atoms with Gasteiger partial charge in [-0.2, -0.15) is 0 Å². The molecule has 1 atom stereocenters. The highest BCUT2D eigenvalue weighted by Crippen LogP contribution is 2.17. The van der Waals surface area contributed by atoms with Gasteiger partial charge in [-0.3, -0.25) is 4.98 Å². The number of hydrogen-bond acceptors (Lipinski definition) is 2. The average Bonchev–Trinajstić information content (AvgIpc) is 2.34. The molecular formula is C14H13ClFNO. The van der Waals surface area contributed by atoms with Gasteiger partial charge in [0.1, 0.15) is 5.82 Å². The molecule has 2 rings (SSSR count). The lowest BCUT2D eigenvalue weighted by Gasteiger charge is -2.11. The van der Waals surface area contributed by atoms with Crippen LogP contribution in [0.15, 0.2) is 42.7 Å². The zero-order valence-electron chi connectivity index (χ0n) is 9.68. The van der Waals surface area contributed by atoms with Crippen molar-refractivity contribution in [1.29, 1.82) is 0 Å². The van der Waals surface area contributed by atoms with Crippen LogP contribution in [0.3, 0.4) is 0 Å². The molecule has 0 aliphatic heterocycles. The third-order valence-electron chi connectivity index (χ3n) is 2.66. The summed E-state index contributed by atoms with van der Waals surface area (Å²) in [5, 5.41) is 10.3. The van der Waals surface area contributed by atoms with Gasteiger partial charge in [0.2, 0.25) is 0 Å². The molecule has 1 unspecified atom stereocenters. The van der Waals surface area contributed by atoms with Crippen LogP contribution in [0.25, 0.3) is 0 Å². The van der Waals surface area contributed by atoms with E-state index in [1.165, 1.54) is 6.07 Å².